The van der Waals surface area contributed by atoms with E-state index in [-0.39, 0.29) is 40.4 Å². The molecular formula is C38H54N6O2. The number of hydrogen-bond donors (Lipinski definition) is 1. The molecule has 2 saturated carbocycles. The summed E-state index contributed by atoms with van der Waals surface area (Å²) in [5.74, 6) is 2.41. The standard InChI is InChI=1S/C38H54N6O2/c1-24-22-28-26-23-29(42-16-5-6-17-42)32-30(36-40-12-9-13-41-36)34(46)33(43-18-7-8-19-43)35(44-20-14-39-15-21-44)38(32,4)27(26)10-11-37(28,3)31(24)25(2)45/h9-10,12-13,24,26,28-32,39H,5-8,11,14-23H2,1-4H3/t24-,26-,28+,29?,30?,31-,32+,37+,38-/m1/s1. The maximum Gasteiger partial charge on any atom is 0.191 e. The Kier molecular flexibility index (Phi) is 7.71. The zero-order valence-corrected chi connectivity index (χ0v) is 28.5. The fourth-order valence-electron chi connectivity index (χ4n) is 12.4. The van der Waals surface area contributed by atoms with E-state index in [9.17, 15) is 4.79 Å². The first kappa shape index (κ1) is 30.7. The van der Waals surface area contributed by atoms with Gasteiger partial charge in [0.05, 0.1) is 11.6 Å². The minimum absolute atomic E-state index is 0.0126. The topological polar surface area (TPSA) is 81.7 Å². The van der Waals surface area contributed by atoms with Crippen LogP contribution < -0.4 is 5.32 Å². The minimum atomic E-state index is -0.373. The smallest absolute Gasteiger partial charge is 0.191 e. The quantitative estimate of drug-likeness (QED) is 0.473. The first-order valence-electron chi connectivity index (χ1n) is 18.5. The van der Waals surface area contributed by atoms with E-state index in [1.165, 1.54) is 18.5 Å². The van der Waals surface area contributed by atoms with Gasteiger partial charge < -0.3 is 20.0 Å². The second-order valence-electron chi connectivity index (χ2n) is 16.2. The van der Waals surface area contributed by atoms with Crippen molar-refractivity contribution in [3.05, 3.63) is 47.3 Å². The SMILES string of the molecule is CC(=O)[C@H]1[C@H](C)C[C@H]2[C@@H]3CC(N4CCCC4)[C@H]4C(c5ncccn5)C(=O)C(N5CCCC5)=C(N5CCNCC5)[C@]4(C)C3=CC[C@@]21C. The lowest BCUT2D eigenvalue weighted by molar-refractivity contribution is -0.128. The predicted octanol–water partition coefficient (Wildman–Crippen LogP) is 4.66. The Morgan fingerprint density at radius 1 is 0.935 bits per heavy atom. The van der Waals surface area contributed by atoms with Gasteiger partial charge in [-0.05, 0) is 101 Å². The number of hydrogen-bond acceptors (Lipinski definition) is 8. The van der Waals surface area contributed by atoms with Crippen LogP contribution in [0, 0.1) is 40.4 Å². The van der Waals surface area contributed by atoms with Crippen LogP contribution in [-0.2, 0) is 9.59 Å². The number of rotatable bonds is 5. The molecule has 3 saturated heterocycles. The molecule has 4 heterocycles. The van der Waals surface area contributed by atoms with Crippen LogP contribution in [0.2, 0.25) is 0 Å². The van der Waals surface area contributed by atoms with E-state index in [1.54, 1.807) is 5.57 Å². The van der Waals surface area contributed by atoms with Crippen LogP contribution in [0.4, 0.5) is 0 Å². The first-order chi connectivity index (χ1) is 22.2. The van der Waals surface area contributed by atoms with Gasteiger partial charge in [-0.3, -0.25) is 9.59 Å². The number of aromatic nitrogens is 2. The monoisotopic (exact) mass is 626 g/mol. The second kappa shape index (κ2) is 11.5. The average molecular weight is 627 g/mol. The Balaban J connectivity index is 1.39. The Morgan fingerprint density at radius 3 is 2.28 bits per heavy atom. The van der Waals surface area contributed by atoms with Gasteiger partial charge in [0.2, 0.25) is 0 Å². The van der Waals surface area contributed by atoms with Crippen LogP contribution >= 0.6 is 0 Å². The number of nitrogens with one attached hydrogen (secondary N) is 1. The van der Waals surface area contributed by atoms with Crippen LogP contribution in [0.3, 0.4) is 0 Å². The predicted molar refractivity (Wildman–Crippen MR) is 179 cm³/mol. The van der Waals surface area contributed by atoms with E-state index in [1.807, 2.05) is 25.4 Å². The van der Waals surface area contributed by atoms with Crippen molar-refractivity contribution < 1.29 is 9.59 Å². The second-order valence-corrected chi connectivity index (χ2v) is 16.2. The molecule has 1 aromatic rings. The molecule has 8 nitrogen and oxygen atoms in total. The summed E-state index contributed by atoms with van der Waals surface area (Å²) in [7, 11) is 0. The molecule has 2 unspecified atom stereocenters. The zero-order valence-electron chi connectivity index (χ0n) is 28.5. The summed E-state index contributed by atoms with van der Waals surface area (Å²) >= 11 is 0. The van der Waals surface area contributed by atoms with E-state index < -0.39 is 0 Å². The van der Waals surface area contributed by atoms with Gasteiger partial charge in [0.1, 0.15) is 17.3 Å². The largest absolute Gasteiger partial charge is 0.370 e. The summed E-state index contributed by atoms with van der Waals surface area (Å²) in [5.41, 5.74) is 3.48. The van der Waals surface area contributed by atoms with Gasteiger partial charge in [-0.2, -0.15) is 0 Å². The van der Waals surface area contributed by atoms with Crippen molar-refractivity contribution in [3.8, 4) is 0 Å². The number of ketones is 2. The van der Waals surface area contributed by atoms with Gasteiger partial charge in [-0.1, -0.05) is 25.5 Å². The number of nitrogens with zero attached hydrogens (tertiary/aromatic N) is 5. The molecule has 0 spiro atoms. The molecule has 46 heavy (non-hydrogen) atoms. The van der Waals surface area contributed by atoms with Crippen LogP contribution in [-0.4, -0.2) is 94.6 Å². The summed E-state index contributed by atoms with van der Waals surface area (Å²) in [6.07, 6.45) is 14.1. The number of carbonyl (C=O) groups is 2. The lowest BCUT2D eigenvalue weighted by Gasteiger charge is -2.63. The number of Topliss-reactive ketones (excluding diaryl/α,β-unsaturated/α-hetero) is 2. The highest BCUT2D eigenvalue weighted by atomic mass is 16.1. The van der Waals surface area contributed by atoms with E-state index in [4.69, 9.17) is 9.97 Å². The molecule has 3 aliphatic heterocycles. The third kappa shape index (κ3) is 4.44. The molecule has 8 rings (SSSR count). The number of likely N-dealkylation sites (tertiary alicyclic amines) is 2. The molecule has 0 amide bonds. The van der Waals surface area contributed by atoms with Gasteiger partial charge in [0, 0.05) is 75.0 Å². The lowest BCUT2D eigenvalue weighted by atomic mass is 9.45. The molecule has 5 fully saturated rings. The first-order valence-corrected chi connectivity index (χ1v) is 18.5. The Labute approximate surface area is 275 Å². The van der Waals surface area contributed by atoms with Gasteiger partial charge in [-0.25, -0.2) is 9.97 Å². The van der Waals surface area contributed by atoms with E-state index in [2.05, 4.69) is 46.9 Å². The average Bonchev–Trinajstić information content (AvgIpc) is 3.82. The van der Waals surface area contributed by atoms with Crippen molar-refractivity contribution in [2.24, 2.45) is 40.4 Å². The fraction of sp³-hybridized carbons (Fsp3) is 0.737. The summed E-state index contributed by atoms with van der Waals surface area (Å²) in [5, 5.41) is 3.60. The number of piperazine rings is 1. The molecule has 0 aromatic carbocycles. The molecule has 8 heteroatoms. The molecule has 0 bridgehead atoms. The highest BCUT2D eigenvalue weighted by Crippen LogP contribution is 2.69. The van der Waals surface area contributed by atoms with Gasteiger partial charge in [0.25, 0.3) is 0 Å². The maximum atomic E-state index is 15.4. The zero-order chi connectivity index (χ0) is 31.8. The minimum Gasteiger partial charge on any atom is -0.370 e. The maximum absolute atomic E-state index is 15.4. The van der Waals surface area contributed by atoms with E-state index in [0.717, 1.165) is 90.2 Å². The molecule has 1 aromatic heterocycles. The Morgan fingerprint density at radius 2 is 1.61 bits per heavy atom. The third-order valence-electron chi connectivity index (χ3n) is 13.9. The molecule has 4 aliphatic carbocycles. The van der Waals surface area contributed by atoms with Crippen molar-refractivity contribution in [2.45, 2.75) is 84.6 Å². The van der Waals surface area contributed by atoms with Gasteiger partial charge >= 0.3 is 0 Å². The summed E-state index contributed by atoms with van der Waals surface area (Å²) in [6.45, 7) is 16.9. The highest BCUT2D eigenvalue weighted by Gasteiger charge is 2.67. The van der Waals surface area contributed by atoms with Crippen LogP contribution in [0.15, 0.2) is 41.5 Å². The summed E-state index contributed by atoms with van der Waals surface area (Å²) in [4.78, 5) is 46.2. The Bertz CT molecular complexity index is 1420. The van der Waals surface area contributed by atoms with Crippen molar-refractivity contribution in [2.75, 3.05) is 52.4 Å². The van der Waals surface area contributed by atoms with Gasteiger partial charge in [-0.15, -0.1) is 0 Å². The molecule has 7 aliphatic rings. The van der Waals surface area contributed by atoms with Crippen molar-refractivity contribution in [1.82, 2.24) is 30.0 Å². The highest BCUT2D eigenvalue weighted by molar-refractivity contribution is 6.02. The lowest BCUT2D eigenvalue weighted by Crippen LogP contribution is -2.64. The van der Waals surface area contributed by atoms with Gasteiger partial charge in [0.15, 0.2) is 5.78 Å². The van der Waals surface area contributed by atoms with Crippen molar-refractivity contribution >= 4 is 11.6 Å². The summed E-state index contributed by atoms with van der Waals surface area (Å²) in [6, 6.07) is 2.14. The van der Waals surface area contributed by atoms with Crippen LogP contribution in [0.25, 0.3) is 0 Å². The number of fused-ring (bicyclic) bond motifs is 5. The summed E-state index contributed by atoms with van der Waals surface area (Å²) < 4.78 is 0. The van der Waals surface area contributed by atoms with Crippen LogP contribution in [0.1, 0.15) is 84.4 Å². The van der Waals surface area contributed by atoms with E-state index in [0.29, 0.717) is 29.4 Å². The fourth-order valence-corrected chi connectivity index (χ4v) is 12.4. The van der Waals surface area contributed by atoms with Crippen LogP contribution in [0.5, 0.6) is 0 Å². The molecule has 9 atom stereocenters. The van der Waals surface area contributed by atoms with E-state index >= 15 is 4.79 Å². The molecular weight excluding hydrogens is 572 g/mol. The number of carbonyl (C=O) groups excluding carboxylic acids is 2. The normalized spacial score (nSPS) is 41.3. The molecule has 248 valence electrons. The van der Waals surface area contributed by atoms with Crippen molar-refractivity contribution in [1.29, 1.82) is 0 Å². The Hall–Kier alpha value is -2.58. The van der Waals surface area contributed by atoms with Crippen molar-refractivity contribution in [3.63, 3.8) is 0 Å². The number of allylic oxidation sites excluding steroid dienone is 3. The molecule has 0 radical (unpaired) electrons. The third-order valence-corrected chi connectivity index (χ3v) is 13.9. The molecule has 1 N–H and O–H groups in total.